The first-order valence-electron chi connectivity index (χ1n) is 8.71. The molecule has 1 saturated heterocycles. The molecule has 2 unspecified atom stereocenters. The second-order valence-electron chi connectivity index (χ2n) is 6.71. The number of halogens is 1. The minimum Gasteiger partial charge on any atom is -0.460 e. The Morgan fingerprint density at radius 1 is 1.44 bits per heavy atom. The molecule has 7 nitrogen and oxygen atoms in total. The van der Waals surface area contributed by atoms with Crippen molar-refractivity contribution in [3.05, 3.63) is 29.5 Å². The van der Waals surface area contributed by atoms with E-state index in [4.69, 9.17) is 14.9 Å². The summed E-state index contributed by atoms with van der Waals surface area (Å²) in [5.41, 5.74) is 6.95. The van der Waals surface area contributed by atoms with Crippen molar-refractivity contribution in [2.24, 2.45) is 11.7 Å². The molecule has 3 rings (SSSR count). The number of nitrogens with two attached hydrogens (primary N) is 1. The van der Waals surface area contributed by atoms with Crippen LogP contribution in [-0.2, 0) is 14.8 Å². The summed E-state index contributed by atoms with van der Waals surface area (Å²) in [6.07, 6.45) is 0.761. The first-order chi connectivity index (χ1) is 12.3. The number of hydrogen-bond donors (Lipinski definition) is 1. The van der Waals surface area contributed by atoms with Gasteiger partial charge in [0, 0.05) is 30.1 Å². The van der Waals surface area contributed by atoms with Gasteiger partial charge in [-0.3, -0.25) is 0 Å². The molecule has 9 heteroatoms. The summed E-state index contributed by atoms with van der Waals surface area (Å²) in [4.78, 5) is 12.2. The highest BCUT2D eigenvalue weighted by Gasteiger charge is 2.34. The largest absolute Gasteiger partial charge is 0.460 e. The summed E-state index contributed by atoms with van der Waals surface area (Å²) in [5, 5.41) is 0.595. The summed E-state index contributed by atoms with van der Waals surface area (Å²) >= 11 is 0. The summed E-state index contributed by atoms with van der Waals surface area (Å²) < 4.78 is 37.9. The van der Waals surface area contributed by atoms with Crippen molar-refractivity contribution in [2.75, 3.05) is 19.7 Å². The number of carbonyl (C=O) groups is 1. The quantitative estimate of drug-likeness (QED) is 0.751. The zero-order valence-corrected chi connectivity index (χ0v) is 17.2. The smallest absolute Gasteiger partial charge is 0.374 e. The second kappa shape index (κ2) is 8.18. The number of nitrogens with zero attached hydrogens (tertiary/aromatic N) is 1. The fourth-order valence-corrected chi connectivity index (χ4v) is 4.84. The molecule has 1 aromatic carbocycles. The van der Waals surface area contributed by atoms with Crippen LogP contribution in [0.4, 0.5) is 0 Å². The predicted octanol–water partition coefficient (Wildman–Crippen LogP) is 2.70. The zero-order valence-electron chi connectivity index (χ0n) is 15.6. The molecule has 0 aliphatic carbocycles. The molecule has 1 aromatic heterocycles. The van der Waals surface area contributed by atoms with Gasteiger partial charge in [-0.2, -0.15) is 4.31 Å². The molecule has 2 aromatic rings. The summed E-state index contributed by atoms with van der Waals surface area (Å²) in [5.74, 6) is -0.279. The Morgan fingerprint density at radius 3 is 2.74 bits per heavy atom. The van der Waals surface area contributed by atoms with Gasteiger partial charge in [0.25, 0.3) is 0 Å². The highest BCUT2D eigenvalue weighted by Crippen LogP contribution is 2.31. The van der Waals surface area contributed by atoms with Crippen LogP contribution in [0.5, 0.6) is 0 Å². The van der Waals surface area contributed by atoms with Crippen molar-refractivity contribution >= 4 is 39.4 Å². The molecule has 2 heterocycles. The van der Waals surface area contributed by atoms with E-state index in [2.05, 4.69) is 0 Å². The number of carbonyl (C=O) groups excluding carboxylic acids is 1. The van der Waals surface area contributed by atoms with Gasteiger partial charge in [-0.25, -0.2) is 13.2 Å². The van der Waals surface area contributed by atoms with Crippen LogP contribution in [0.1, 0.15) is 36.4 Å². The third-order valence-corrected chi connectivity index (χ3v) is 6.80. The number of rotatable bonds is 5. The van der Waals surface area contributed by atoms with Crippen LogP contribution in [-0.4, -0.2) is 44.4 Å². The average Bonchev–Trinajstić information content (AvgIpc) is 3.21. The molecule has 27 heavy (non-hydrogen) atoms. The second-order valence-corrected chi connectivity index (χ2v) is 8.64. The molecule has 1 aliphatic heterocycles. The number of esters is 1. The topological polar surface area (TPSA) is 103 Å². The Morgan fingerprint density at radius 2 is 2.15 bits per heavy atom. The van der Waals surface area contributed by atoms with Crippen LogP contribution >= 0.6 is 12.4 Å². The van der Waals surface area contributed by atoms with Gasteiger partial charge in [-0.15, -0.1) is 12.4 Å². The molecule has 0 saturated carbocycles. The maximum Gasteiger partial charge on any atom is 0.374 e. The average molecular weight is 417 g/mol. The van der Waals surface area contributed by atoms with Gasteiger partial charge in [-0.05, 0) is 51.3 Å². The van der Waals surface area contributed by atoms with Gasteiger partial charge in [0.2, 0.25) is 15.8 Å². The van der Waals surface area contributed by atoms with Gasteiger partial charge in [0.15, 0.2) is 0 Å². The normalized spacial score (nSPS) is 19.0. The zero-order chi connectivity index (χ0) is 19.1. The van der Waals surface area contributed by atoms with Gasteiger partial charge in [0.1, 0.15) is 5.58 Å². The van der Waals surface area contributed by atoms with E-state index < -0.39 is 16.0 Å². The Bertz CT molecular complexity index is 939. The van der Waals surface area contributed by atoms with E-state index in [1.807, 2.05) is 6.92 Å². The fraction of sp³-hybridized carbons (Fsp3) is 0.500. The third-order valence-electron chi connectivity index (χ3n) is 4.94. The number of hydrogen-bond acceptors (Lipinski definition) is 6. The number of benzene rings is 1. The number of fused-ring (bicyclic) bond motifs is 1. The lowest BCUT2D eigenvalue weighted by molar-refractivity contribution is 0.0491. The number of aryl methyl sites for hydroxylation is 1. The first-order valence-corrected chi connectivity index (χ1v) is 10.2. The van der Waals surface area contributed by atoms with E-state index in [0.29, 0.717) is 29.6 Å². The molecular weight excluding hydrogens is 392 g/mol. The Labute approximate surface area is 165 Å². The minimum absolute atomic E-state index is 0. The molecule has 1 fully saturated rings. The van der Waals surface area contributed by atoms with Crippen molar-refractivity contribution < 1.29 is 22.4 Å². The van der Waals surface area contributed by atoms with E-state index in [1.165, 1.54) is 10.4 Å². The molecule has 150 valence electrons. The van der Waals surface area contributed by atoms with E-state index in [9.17, 15) is 13.2 Å². The van der Waals surface area contributed by atoms with E-state index in [1.54, 1.807) is 26.0 Å². The van der Waals surface area contributed by atoms with Crippen molar-refractivity contribution in [2.45, 2.75) is 38.1 Å². The summed E-state index contributed by atoms with van der Waals surface area (Å²) in [7, 11) is -3.61. The molecule has 1 aliphatic rings. The Balaban J connectivity index is 0.00000261. The van der Waals surface area contributed by atoms with E-state index >= 15 is 0 Å². The lowest BCUT2D eigenvalue weighted by Gasteiger charge is -2.18. The highest BCUT2D eigenvalue weighted by atomic mass is 35.5. The first kappa shape index (κ1) is 21.7. The van der Waals surface area contributed by atoms with Gasteiger partial charge < -0.3 is 14.9 Å². The van der Waals surface area contributed by atoms with Gasteiger partial charge >= 0.3 is 5.97 Å². The monoisotopic (exact) mass is 416 g/mol. The van der Waals surface area contributed by atoms with Crippen LogP contribution < -0.4 is 5.73 Å². The molecule has 2 N–H and O–H groups in total. The fourth-order valence-electron chi connectivity index (χ4n) is 3.30. The minimum atomic E-state index is -3.61. The van der Waals surface area contributed by atoms with Crippen molar-refractivity contribution in [1.29, 1.82) is 0 Å². The SMILES string of the molecule is CCOC(=O)c1oc2ccc(S(=O)(=O)N3CCC(C(C)N)C3)cc2c1C.Cl. The standard InChI is InChI=1S/C18H24N2O5S.ClH/c1-4-24-18(21)17-11(2)15-9-14(5-6-16(15)25-17)26(22,23)20-8-7-13(10-20)12(3)19;/h5-6,9,12-13H,4,7-8,10,19H2,1-3H3;1H. The van der Waals surface area contributed by atoms with Crippen molar-refractivity contribution in [3.8, 4) is 0 Å². The number of furan rings is 1. The molecule has 0 radical (unpaired) electrons. The molecule has 0 bridgehead atoms. The van der Waals surface area contributed by atoms with Gasteiger partial charge in [-0.1, -0.05) is 0 Å². The lowest BCUT2D eigenvalue weighted by Crippen LogP contribution is -2.33. The molecule has 2 atom stereocenters. The van der Waals surface area contributed by atoms with Crippen molar-refractivity contribution in [3.63, 3.8) is 0 Å². The maximum atomic E-state index is 13.0. The lowest BCUT2D eigenvalue weighted by atomic mass is 10.0. The molecule has 0 amide bonds. The summed E-state index contributed by atoms with van der Waals surface area (Å²) in [6, 6.07) is 4.61. The van der Waals surface area contributed by atoms with Crippen molar-refractivity contribution in [1.82, 2.24) is 4.31 Å². The predicted molar refractivity (Wildman–Crippen MR) is 105 cm³/mol. The van der Waals surface area contributed by atoms with Gasteiger partial charge in [0.05, 0.1) is 11.5 Å². The molecular formula is C18H25ClN2O5S. The van der Waals surface area contributed by atoms with E-state index in [0.717, 1.165) is 6.42 Å². The Kier molecular flexibility index (Phi) is 6.57. The van der Waals surface area contributed by atoms with Crippen LogP contribution in [0.3, 0.4) is 0 Å². The molecule has 0 spiro atoms. The van der Waals surface area contributed by atoms with Crippen LogP contribution in [0.25, 0.3) is 11.0 Å². The number of sulfonamides is 1. The highest BCUT2D eigenvalue weighted by molar-refractivity contribution is 7.89. The third kappa shape index (κ3) is 3.99. The van der Waals surface area contributed by atoms with Crippen LogP contribution in [0, 0.1) is 12.8 Å². The van der Waals surface area contributed by atoms with E-state index in [-0.39, 0.29) is 41.6 Å². The van der Waals surface area contributed by atoms with Crippen LogP contribution in [0.15, 0.2) is 27.5 Å². The summed E-state index contributed by atoms with van der Waals surface area (Å²) in [6.45, 7) is 6.47. The maximum absolute atomic E-state index is 13.0. The van der Waals surface area contributed by atoms with Crippen LogP contribution in [0.2, 0.25) is 0 Å². The Hall–Kier alpha value is -1.61. The number of ether oxygens (including phenoxy) is 1.